The molecule has 1 aromatic heterocycles. The summed E-state index contributed by atoms with van der Waals surface area (Å²) in [5, 5.41) is 8.76. The highest BCUT2D eigenvalue weighted by Crippen LogP contribution is 2.29. The third-order valence-corrected chi connectivity index (χ3v) is 5.23. The minimum absolute atomic E-state index is 0.0885. The van der Waals surface area contributed by atoms with Crippen molar-refractivity contribution < 1.29 is 22.7 Å². The lowest BCUT2D eigenvalue weighted by molar-refractivity contribution is 0.0661. The molecule has 2 heterocycles. The standard InChI is InChI=1S/C10H10BrNO5S/c11-9-8(6-7(17-9)10(13)14)18(15,16)12-4-2-1-3-5-12/h1-2,6H,3-5H2,(H,13,14). The van der Waals surface area contributed by atoms with Gasteiger partial charge < -0.3 is 9.52 Å². The number of carboxylic acids is 1. The summed E-state index contributed by atoms with van der Waals surface area (Å²) in [6.45, 7) is 0.654. The van der Waals surface area contributed by atoms with Crippen LogP contribution in [0.1, 0.15) is 17.0 Å². The van der Waals surface area contributed by atoms with Gasteiger partial charge in [-0.1, -0.05) is 12.2 Å². The number of furan rings is 1. The first kappa shape index (κ1) is 13.3. The zero-order valence-electron chi connectivity index (χ0n) is 9.17. The van der Waals surface area contributed by atoms with E-state index in [0.29, 0.717) is 13.0 Å². The molecular formula is C10H10BrNO5S. The van der Waals surface area contributed by atoms with Crippen molar-refractivity contribution in [3.05, 3.63) is 28.6 Å². The van der Waals surface area contributed by atoms with Gasteiger partial charge in [-0.15, -0.1) is 0 Å². The quantitative estimate of drug-likeness (QED) is 0.849. The molecule has 0 spiro atoms. The minimum Gasteiger partial charge on any atom is -0.475 e. The predicted octanol–water partition coefficient (Wildman–Crippen LogP) is 1.69. The van der Waals surface area contributed by atoms with E-state index in [1.54, 1.807) is 6.08 Å². The molecule has 18 heavy (non-hydrogen) atoms. The number of aromatic carboxylic acids is 1. The fourth-order valence-corrected chi connectivity index (χ4v) is 3.92. The Labute approximate surface area is 112 Å². The van der Waals surface area contributed by atoms with E-state index in [0.717, 1.165) is 6.07 Å². The van der Waals surface area contributed by atoms with E-state index in [-0.39, 0.29) is 16.1 Å². The van der Waals surface area contributed by atoms with Crippen LogP contribution in [0.5, 0.6) is 0 Å². The van der Waals surface area contributed by atoms with Crippen molar-refractivity contribution in [1.82, 2.24) is 4.31 Å². The van der Waals surface area contributed by atoms with Gasteiger partial charge in [0.15, 0.2) is 4.67 Å². The van der Waals surface area contributed by atoms with Crippen LogP contribution in [0.4, 0.5) is 0 Å². The van der Waals surface area contributed by atoms with Gasteiger partial charge in [0.1, 0.15) is 4.90 Å². The Bertz CT molecular complexity index is 604. The Morgan fingerprint density at radius 1 is 1.44 bits per heavy atom. The van der Waals surface area contributed by atoms with Crippen molar-refractivity contribution in [1.29, 1.82) is 0 Å². The first-order valence-corrected chi connectivity index (χ1v) is 7.34. The zero-order valence-corrected chi connectivity index (χ0v) is 11.6. The number of hydrogen-bond acceptors (Lipinski definition) is 4. The van der Waals surface area contributed by atoms with Gasteiger partial charge in [0.25, 0.3) is 0 Å². The van der Waals surface area contributed by atoms with E-state index < -0.39 is 21.8 Å². The summed E-state index contributed by atoms with van der Waals surface area (Å²) in [6, 6.07) is 1.01. The fourth-order valence-electron chi connectivity index (χ4n) is 1.61. The van der Waals surface area contributed by atoms with Gasteiger partial charge in [-0.05, 0) is 22.4 Å². The summed E-state index contributed by atoms with van der Waals surface area (Å²) in [6.07, 6.45) is 4.30. The van der Waals surface area contributed by atoms with Gasteiger partial charge in [0.2, 0.25) is 15.8 Å². The molecule has 0 radical (unpaired) electrons. The Morgan fingerprint density at radius 2 is 2.17 bits per heavy atom. The van der Waals surface area contributed by atoms with E-state index in [4.69, 9.17) is 9.52 Å². The molecule has 0 bridgehead atoms. The van der Waals surface area contributed by atoms with E-state index in [1.165, 1.54) is 4.31 Å². The smallest absolute Gasteiger partial charge is 0.371 e. The molecule has 0 saturated heterocycles. The molecule has 0 atom stereocenters. The summed E-state index contributed by atoms with van der Waals surface area (Å²) in [5.74, 6) is -1.72. The van der Waals surface area contributed by atoms with Gasteiger partial charge in [-0.2, -0.15) is 4.31 Å². The SMILES string of the molecule is O=C(O)c1cc(S(=O)(=O)N2CC=CCC2)c(Br)o1. The number of sulfonamides is 1. The topological polar surface area (TPSA) is 87.8 Å². The molecule has 6 nitrogen and oxygen atoms in total. The van der Waals surface area contributed by atoms with Gasteiger partial charge in [0, 0.05) is 19.2 Å². The third kappa shape index (κ3) is 2.36. The molecular weight excluding hydrogens is 326 g/mol. The molecule has 8 heteroatoms. The summed E-state index contributed by atoms with van der Waals surface area (Å²) in [5.41, 5.74) is 0. The van der Waals surface area contributed by atoms with Crippen LogP contribution in [-0.2, 0) is 10.0 Å². The van der Waals surface area contributed by atoms with Crippen LogP contribution in [0.2, 0.25) is 0 Å². The average molecular weight is 336 g/mol. The van der Waals surface area contributed by atoms with Gasteiger partial charge >= 0.3 is 5.97 Å². The zero-order chi connectivity index (χ0) is 13.3. The third-order valence-electron chi connectivity index (χ3n) is 2.50. The lowest BCUT2D eigenvalue weighted by Crippen LogP contribution is -2.33. The molecule has 0 aromatic carbocycles. The Morgan fingerprint density at radius 3 is 2.67 bits per heavy atom. The van der Waals surface area contributed by atoms with E-state index in [1.807, 2.05) is 6.08 Å². The largest absolute Gasteiger partial charge is 0.475 e. The fraction of sp³-hybridized carbons (Fsp3) is 0.300. The molecule has 1 N–H and O–H groups in total. The molecule has 0 fully saturated rings. The summed E-state index contributed by atoms with van der Waals surface area (Å²) in [4.78, 5) is 10.6. The highest BCUT2D eigenvalue weighted by atomic mass is 79.9. The summed E-state index contributed by atoms with van der Waals surface area (Å²) >= 11 is 2.93. The van der Waals surface area contributed by atoms with E-state index >= 15 is 0 Å². The molecule has 1 aliphatic rings. The molecule has 0 unspecified atom stereocenters. The normalized spacial score (nSPS) is 16.9. The Hall–Kier alpha value is -1.12. The number of hydrogen-bond donors (Lipinski definition) is 1. The molecule has 98 valence electrons. The summed E-state index contributed by atoms with van der Waals surface area (Å²) in [7, 11) is -3.73. The monoisotopic (exact) mass is 335 g/mol. The van der Waals surface area contributed by atoms with E-state index in [2.05, 4.69) is 15.9 Å². The van der Waals surface area contributed by atoms with Gasteiger partial charge in [-0.3, -0.25) is 0 Å². The number of carbonyl (C=O) groups is 1. The lowest BCUT2D eigenvalue weighted by Gasteiger charge is -2.21. The molecule has 0 amide bonds. The highest BCUT2D eigenvalue weighted by Gasteiger charge is 2.30. The first-order chi connectivity index (χ1) is 8.43. The van der Waals surface area contributed by atoms with Crippen LogP contribution in [0.25, 0.3) is 0 Å². The maximum Gasteiger partial charge on any atom is 0.371 e. The second kappa shape index (κ2) is 4.87. The first-order valence-electron chi connectivity index (χ1n) is 5.10. The van der Waals surface area contributed by atoms with Crippen LogP contribution >= 0.6 is 15.9 Å². The second-order valence-electron chi connectivity index (χ2n) is 3.68. The van der Waals surface area contributed by atoms with Crippen LogP contribution in [-0.4, -0.2) is 36.9 Å². The van der Waals surface area contributed by atoms with Gasteiger partial charge in [-0.25, -0.2) is 13.2 Å². The van der Waals surface area contributed by atoms with Crippen LogP contribution in [0, 0.1) is 0 Å². The van der Waals surface area contributed by atoms with Crippen LogP contribution < -0.4 is 0 Å². The van der Waals surface area contributed by atoms with Crippen molar-refractivity contribution in [2.75, 3.05) is 13.1 Å². The van der Waals surface area contributed by atoms with Gasteiger partial charge in [0.05, 0.1) is 0 Å². The lowest BCUT2D eigenvalue weighted by atomic mass is 10.3. The number of carboxylic acid groups (broad SMARTS) is 1. The van der Waals surface area contributed by atoms with Crippen molar-refractivity contribution >= 4 is 31.9 Å². The maximum absolute atomic E-state index is 12.3. The number of nitrogens with zero attached hydrogens (tertiary/aromatic N) is 1. The van der Waals surface area contributed by atoms with Crippen molar-refractivity contribution in [2.24, 2.45) is 0 Å². The second-order valence-corrected chi connectivity index (χ2v) is 6.30. The molecule has 0 aliphatic carbocycles. The number of halogens is 1. The van der Waals surface area contributed by atoms with E-state index in [9.17, 15) is 13.2 Å². The minimum atomic E-state index is -3.73. The highest BCUT2D eigenvalue weighted by molar-refractivity contribution is 9.10. The van der Waals surface area contributed by atoms with Crippen molar-refractivity contribution in [2.45, 2.75) is 11.3 Å². The molecule has 2 rings (SSSR count). The summed E-state index contributed by atoms with van der Waals surface area (Å²) < 4.78 is 30.5. The van der Waals surface area contributed by atoms with Crippen molar-refractivity contribution in [3.63, 3.8) is 0 Å². The molecule has 0 saturated carbocycles. The van der Waals surface area contributed by atoms with Crippen molar-refractivity contribution in [3.8, 4) is 0 Å². The molecule has 1 aliphatic heterocycles. The Kier molecular flexibility index (Phi) is 3.60. The predicted molar refractivity (Wildman–Crippen MR) is 65.9 cm³/mol. The molecule has 1 aromatic rings. The maximum atomic E-state index is 12.3. The number of rotatable bonds is 3. The average Bonchev–Trinajstić information content (AvgIpc) is 2.73. The Balaban J connectivity index is 2.41. The van der Waals surface area contributed by atoms with Crippen LogP contribution in [0.15, 0.2) is 32.2 Å². The van der Waals surface area contributed by atoms with Crippen LogP contribution in [0.3, 0.4) is 0 Å².